The summed E-state index contributed by atoms with van der Waals surface area (Å²) in [4.78, 5) is 13.9. The van der Waals surface area contributed by atoms with Crippen LogP contribution < -0.4 is 4.57 Å². The minimum absolute atomic E-state index is 0.00104. The molecule has 1 fully saturated rings. The third-order valence-corrected chi connectivity index (χ3v) is 4.22. The largest absolute Gasteiger partial charge is 0.495 e. The van der Waals surface area contributed by atoms with E-state index < -0.39 is 18.0 Å². The first-order chi connectivity index (χ1) is 9.27. The van der Waals surface area contributed by atoms with Crippen molar-refractivity contribution in [2.24, 2.45) is 7.05 Å². The van der Waals surface area contributed by atoms with Crippen LogP contribution in [-0.4, -0.2) is 36.1 Å². The molecule has 0 aromatic carbocycles. The van der Waals surface area contributed by atoms with Crippen LogP contribution in [0.25, 0.3) is 0 Å². The third kappa shape index (κ3) is 1.54. The molecule has 0 saturated carbocycles. The molecule has 1 aromatic heterocycles. The lowest BCUT2D eigenvalue weighted by molar-refractivity contribution is -0.693. The molecule has 8 heteroatoms. The zero-order valence-corrected chi connectivity index (χ0v) is 11.4. The molecular formula is C12H15F3N3O2+. The fraction of sp³-hybridized carbons (Fsp3) is 0.667. The number of esters is 1. The van der Waals surface area contributed by atoms with Crippen molar-refractivity contribution in [3.05, 3.63) is 17.2 Å². The second-order valence-corrected chi connectivity index (χ2v) is 5.32. The van der Waals surface area contributed by atoms with Crippen molar-refractivity contribution >= 4 is 5.97 Å². The van der Waals surface area contributed by atoms with Gasteiger partial charge in [0.15, 0.2) is 5.69 Å². The Hall–Kier alpha value is -1.57. The summed E-state index contributed by atoms with van der Waals surface area (Å²) < 4.78 is 46.7. The molecule has 3 rings (SSSR count). The van der Waals surface area contributed by atoms with Crippen LogP contribution in [0.5, 0.6) is 0 Å². The van der Waals surface area contributed by atoms with Crippen LogP contribution in [0.3, 0.4) is 0 Å². The van der Waals surface area contributed by atoms with Gasteiger partial charge in [-0.1, -0.05) is 0 Å². The highest BCUT2D eigenvalue weighted by molar-refractivity contribution is 5.87. The number of rotatable bonds is 1. The molecule has 0 radical (unpaired) electrons. The average Bonchev–Trinajstić information content (AvgIpc) is 2.94. The molecule has 2 bridgehead atoms. The highest BCUT2D eigenvalue weighted by Crippen LogP contribution is 2.48. The predicted octanol–water partition coefficient (Wildman–Crippen LogP) is 1.05. The van der Waals surface area contributed by atoms with Crippen molar-refractivity contribution < 1.29 is 27.3 Å². The van der Waals surface area contributed by atoms with Gasteiger partial charge in [-0.25, -0.2) is 13.9 Å². The maximum atomic E-state index is 13.3. The Kier molecular flexibility index (Phi) is 2.66. The maximum Gasteiger partial charge on any atom is 0.495 e. The lowest BCUT2D eigenvalue weighted by atomic mass is 10.1. The van der Waals surface area contributed by atoms with E-state index in [1.54, 1.807) is 0 Å². The number of hydrogen-bond donors (Lipinski definition) is 0. The van der Waals surface area contributed by atoms with Gasteiger partial charge in [0.25, 0.3) is 5.69 Å². The molecule has 20 heavy (non-hydrogen) atoms. The van der Waals surface area contributed by atoms with Crippen molar-refractivity contribution in [1.29, 1.82) is 0 Å². The molecule has 0 N–H and O–H groups in total. The molecule has 3 heterocycles. The molecule has 0 amide bonds. The quantitative estimate of drug-likeness (QED) is 0.573. The van der Waals surface area contributed by atoms with E-state index in [0.29, 0.717) is 18.7 Å². The highest BCUT2D eigenvalue weighted by atomic mass is 19.4. The molecule has 2 aliphatic heterocycles. The summed E-state index contributed by atoms with van der Waals surface area (Å²) in [5, 5.41) is 0. The molecule has 0 spiro atoms. The van der Waals surface area contributed by atoms with Gasteiger partial charge in [0.05, 0.1) is 20.2 Å². The van der Waals surface area contributed by atoms with E-state index in [-0.39, 0.29) is 17.8 Å². The monoisotopic (exact) mass is 290 g/mol. The van der Waals surface area contributed by atoms with Crippen molar-refractivity contribution in [2.45, 2.75) is 24.7 Å². The number of halogens is 3. The van der Waals surface area contributed by atoms with Gasteiger partial charge in [0.1, 0.15) is 6.04 Å². The molecule has 5 nitrogen and oxygen atoms in total. The van der Waals surface area contributed by atoms with Crippen LogP contribution in [0, 0.1) is 0 Å². The smallest absolute Gasteiger partial charge is 0.463 e. The number of likely N-dealkylation sites (N-methyl/N-ethyl adjacent to an activating group) is 1. The summed E-state index contributed by atoms with van der Waals surface area (Å²) in [6, 6.07) is -0.391. The third-order valence-electron chi connectivity index (χ3n) is 4.22. The molecule has 2 aliphatic rings. The second kappa shape index (κ2) is 3.97. The Morgan fingerprint density at radius 2 is 2.10 bits per heavy atom. The van der Waals surface area contributed by atoms with Crippen molar-refractivity contribution in [3.63, 3.8) is 0 Å². The minimum Gasteiger partial charge on any atom is -0.463 e. The Labute approximate surface area is 113 Å². The van der Waals surface area contributed by atoms with E-state index in [9.17, 15) is 18.0 Å². The van der Waals surface area contributed by atoms with Crippen LogP contribution in [0.4, 0.5) is 13.2 Å². The van der Waals surface area contributed by atoms with E-state index in [1.165, 1.54) is 18.7 Å². The first kappa shape index (κ1) is 13.4. The number of ether oxygens (including phenoxy) is 1. The van der Waals surface area contributed by atoms with Crippen LogP contribution in [0.15, 0.2) is 0 Å². The maximum absolute atomic E-state index is 13.3. The molecule has 1 saturated heterocycles. The van der Waals surface area contributed by atoms with Gasteiger partial charge in [0.2, 0.25) is 0 Å². The Balaban J connectivity index is 2.29. The summed E-state index contributed by atoms with van der Waals surface area (Å²) >= 11 is 0. The molecule has 110 valence electrons. The highest BCUT2D eigenvalue weighted by Gasteiger charge is 2.58. The van der Waals surface area contributed by atoms with E-state index in [1.807, 2.05) is 11.9 Å². The number of carbonyl (C=O) groups is 1. The molecule has 1 aromatic rings. The topological polar surface area (TPSA) is 38.4 Å². The number of carbonyl (C=O) groups excluding carboxylic acids is 1. The summed E-state index contributed by atoms with van der Waals surface area (Å²) in [6.45, 7) is 0.566. The zero-order valence-electron chi connectivity index (χ0n) is 11.4. The molecule has 2 atom stereocenters. The molecular weight excluding hydrogens is 275 g/mol. The number of fused-ring (bicyclic) bond motifs is 5. The van der Waals surface area contributed by atoms with Gasteiger partial charge in [-0.15, -0.1) is 0 Å². The van der Waals surface area contributed by atoms with Crippen LogP contribution in [-0.2, 0) is 18.0 Å². The van der Waals surface area contributed by atoms with Crippen molar-refractivity contribution in [1.82, 2.24) is 9.47 Å². The normalized spacial score (nSPS) is 25.1. The predicted molar refractivity (Wildman–Crippen MR) is 61.0 cm³/mol. The fourth-order valence-electron chi connectivity index (χ4n) is 3.50. The number of imidazole rings is 1. The van der Waals surface area contributed by atoms with Crippen LogP contribution in [0.2, 0.25) is 0 Å². The van der Waals surface area contributed by atoms with Crippen molar-refractivity contribution in [3.8, 4) is 0 Å². The van der Waals surface area contributed by atoms with E-state index >= 15 is 0 Å². The zero-order chi connectivity index (χ0) is 14.8. The first-order valence-electron chi connectivity index (χ1n) is 6.27. The van der Waals surface area contributed by atoms with Gasteiger partial charge < -0.3 is 4.74 Å². The van der Waals surface area contributed by atoms with Gasteiger partial charge >= 0.3 is 18.0 Å². The van der Waals surface area contributed by atoms with Gasteiger partial charge in [0, 0.05) is 13.0 Å². The number of nitrogens with zero attached hydrogens (tertiary/aromatic N) is 3. The van der Waals surface area contributed by atoms with Crippen LogP contribution in [0.1, 0.15) is 40.5 Å². The lowest BCUT2D eigenvalue weighted by Gasteiger charge is -2.20. The Morgan fingerprint density at radius 3 is 2.65 bits per heavy atom. The number of alkyl halides is 3. The van der Waals surface area contributed by atoms with Gasteiger partial charge in [-0.3, -0.25) is 4.90 Å². The summed E-state index contributed by atoms with van der Waals surface area (Å²) in [7, 11) is 4.30. The van der Waals surface area contributed by atoms with Gasteiger partial charge in [-0.05, 0) is 7.05 Å². The average molecular weight is 290 g/mol. The second-order valence-electron chi connectivity index (χ2n) is 5.32. The lowest BCUT2D eigenvalue weighted by Crippen LogP contribution is -2.43. The SMILES string of the molecule is COC(=O)c1c2n(c(C(F)(F)F)[n+]1C)C1CC2N(C)C1. The summed E-state index contributed by atoms with van der Waals surface area (Å²) in [6.07, 6.45) is -3.89. The molecule has 0 aliphatic carbocycles. The standard InChI is InChI=1S/C12H15F3N3O2/c1-16-5-6-4-7(16)8-9(10(19)20-3)17(2)11(18(6)8)12(13,14)15/h6-7H,4-5H2,1-3H3/q+1. The number of methoxy groups -OCH3 is 1. The van der Waals surface area contributed by atoms with E-state index in [4.69, 9.17) is 0 Å². The number of hydrogen-bond acceptors (Lipinski definition) is 3. The number of aromatic nitrogens is 2. The van der Waals surface area contributed by atoms with E-state index in [0.717, 1.165) is 4.57 Å². The summed E-state index contributed by atoms with van der Waals surface area (Å²) in [5.41, 5.74) is 0.421. The minimum atomic E-state index is -4.50. The summed E-state index contributed by atoms with van der Waals surface area (Å²) in [5.74, 6) is -1.51. The van der Waals surface area contributed by atoms with Crippen molar-refractivity contribution in [2.75, 3.05) is 20.7 Å². The van der Waals surface area contributed by atoms with Crippen LogP contribution >= 0.6 is 0 Å². The van der Waals surface area contributed by atoms with Gasteiger partial charge in [-0.2, -0.15) is 13.2 Å². The first-order valence-corrected chi connectivity index (χ1v) is 6.27. The fourth-order valence-corrected chi connectivity index (χ4v) is 3.50. The molecule has 2 unspecified atom stereocenters. The Morgan fingerprint density at radius 1 is 1.45 bits per heavy atom. The number of likely N-dealkylation sites (tertiary alicyclic amines) is 1. The van der Waals surface area contributed by atoms with E-state index in [2.05, 4.69) is 4.74 Å². The Bertz CT molecular complexity index is 594.